The maximum atomic E-state index is 14.1. The molecule has 7 nitrogen and oxygen atoms in total. The average molecular weight is 569 g/mol. The molecule has 3 aliphatic rings. The van der Waals surface area contributed by atoms with Crippen LogP contribution in [0.25, 0.3) is 0 Å². The summed E-state index contributed by atoms with van der Waals surface area (Å²) in [6.45, 7) is 4.01. The van der Waals surface area contributed by atoms with Gasteiger partial charge in [0.25, 0.3) is 0 Å². The molecule has 2 fully saturated rings. The zero-order valence-electron chi connectivity index (χ0n) is 21.6. The molecule has 39 heavy (non-hydrogen) atoms. The standard InChI is InChI=1S/C25H31FN4OS.C2HF3O2/c1-18-15-25(11-12-29(18)16-19-10-13-32-17-19)23(27-21-7-3-2-4-8-21)28-24(31)30(25)22-9-5-6-20(26)14-22;3-2(4,5)1(6)7/h5-6,9-10,13-14,17-18,21H,2-4,7-8,11-12,15-16H2,1H3,(H,27,28,31);(H,6,7)/t18-,25+;/m1./s1. The third kappa shape index (κ3) is 6.78. The number of carbonyl (C=O) groups is 2. The number of aliphatic carboxylic acids is 1. The van der Waals surface area contributed by atoms with Crippen LogP contribution in [-0.2, 0) is 11.3 Å². The highest BCUT2D eigenvalue weighted by Crippen LogP contribution is 2.41. The van der Waals surface area contributed by atoms with Gasteiger partial charge >= 0.3 is 18.2 Å². The van der Waals surface area contributed by atoms with Gasteiger partial charge in [-0.15, -0.1) is 0 Å². The molecule has 1 spiro atoms. The van der Waals surface area contributed by atoms with Crippen LogP contribution in [0.1, 0.15) is 57.4 Å². The Bertz CT molecular complexity index is 1180. The first-order valence-corrected chi connectivity index (χ1v) is 13.9. The lowest BCUT2D eigenvalue weighted by Crippen LogP contribution is -2.63. The minimum absolute atomic E-state index is 0.268. The molecule has 2 N–H and O–H groups in total. The van der Waals surface area contributed by atoms with Gasteiger partial charge < -0.3 is 10.4 Å². The monoisotopic (exact) mass is 568 g/mol. The maximum Gasteiger partial charge on any atom is 0.490 e. The quantitative estimate of drug-likeness (QED) is 0.429. The van der Waals surface area contributed by atoms with Crippen LogP contribution < -0.4 is 10.2 Å². The highest BCUT2D eigenvalue weighted by molar-refractivity contribution is 7.07. The molecule has 12 heteroatoms. The van der Waals surface area contributed by atoms with Gasteiger partial charge in [0.15, 0.2) is 0 Å². The van der Waals surface area contributed by atoms with Crippen molar-refractivity contribution in [3.8, 4) is 0 Å². The Morgan fingerprint density at radius 1 is 1.23 bits per heavy atom. The molecular weight excluding hydrogens is 536 g/mol. The van der Waals surface area contributed by atoms with Gasteiger partial charge in [-0.1, -0.05) is 25.3 Å². The van der Waals surface area contributed by atoms with Crippen LogP contribution in [0.3, 0.4) is 0 Å². The molecule has 212 valence electrons. The van der Waals surface area contributed by atoms with Crippen molar-refractivity contribution in [3.63, 3.8) is 0 Å². The summed E-state index contributed by atoms with van der Waals surface area (Å²) in [7, 11) is 0. The van der Waals surface area contributed by atoms with Crippen LogP contribution in [0.5, 0.6) is 0 Å². The molecule has 1 aliphatic carbocycles. The van der Waals surface area contributed by atoms with Crippen LogP contribution >= 0.6 is 11.3 Å². The summed E-state index contributed by atoms with van der Waals surface area (Å²) in [5.41, 5.74) is 1.38. The summed E-state index contributed by atoms with van der Waals surface area (Å²) in [6.07, 6.45) is 2.40. The first-order chi connectivity index (χ1) is 18.5. The number of halogens is 4. The van der Waals surface area contributed by atoms with E-state index in [-0.39, 0.29) is 17.9 Å². The lowest BCUT2D eigenvalue weighted by Gasteiger charge is -2.48. The summed E-state index contributed by atoms with van der Waals surface area (Å²) in [5, 5.41) is 15.1. The Morgan fingerprint density at radius 3 is 2.54 bits per heavy atom. The number of nitrogens with zero attached hydrogens (tertiary/aromatic N) is 3. The number of aliphatic imine (C=N–C) groups is 1. The van der Waals surface area contributed by atoms with Gasteiger partial charge in [-0.3, -0.25) is 9.80 Å². The molecular formula is C27H32F4N4O3S. The number of hydrogen-bond acceptors (Lipinski definition) is 5. The maximum absolute atomic E-state index is 14.1. The van der Waals surface area contributed by atoms with Crippen LogP contribution in [0.4, 0.5) is 28.0 Å². The molecule has 2 aliphatic heterocycles. The molecule has 3 heterocycles. The van der Waals surface area contributed by atoms with Crippen molar-refractivity contribution in [1.82, 2.24) is 10.2 Å². The smallest absolute Gasteiger partial charge is 0.475 e. The topological polar surface area (TPSA) is 85.2 Å². The molecule has 2 atom stereocenters. The molecule has 2 amide bonds. The number of urea groups is 1. The normalized spacial score (nSPS) is 24.3. The van der Waals surface area contributed by atoms with E-state index < -0.39 is 17.7 Å². The fraction of sp³-hybridized carbons (Fsp3) is 0.519. The molecule has 1 saturated carbocycles. The number of nitrogens with one attached hydrogen (secondary N) is 1. The Hall–Kier alpha value is -2.99. The van der Waals surface area contributed by atoms with Crippen molar-refractivity contribution < 1.29 is 32.3 Å². The number of hydrogen-bond donors (Lipinski definition) is 2. The fourth-order valence-electron chi connectivity index (χ4n) is 5.66. The summed E-state index contributed by atoms with van der Waals surface area (Å²) in [4.78, 5) is 30.9. The zero-order valence-corrected chi connectivity index (χ0v) is 22.4. The first kappa shape index (κ1) is 29.0. The van der Waals surface area contributed by atoms with Crippen LogP contribution in [0.15, 0.2) is 46.1 Å². The second-order valence-electron chi connectivity index (χ2n) is 10.3. The summed E-state index contributed by atoms with van der Waals surface area (Å²) in [5.74, 6) is -2.30. The number of anilines is 1. The lowest BCUT2D eigenvalue weighted by molar-refractivity contribution is -0.192. The largest absolute Gasteiger partial charge is 0.490 e. The summed E-state index contributed by atoms with van der Waals surface area (Å²) in [6, 6.07) is 8.90. The second-order valence-corrected chi connectivity index (χ2v) is 11.1. The minimum atomic E-state index is -5.08. The number of amidine groups is 1. The lowest BCUT2D eigenvalue weighted by atomic mass is 9.80. The van der Waals surface area contributed by atoms with E-state index in [0.29, 0.717) is 11.7 Å². The van der Waals surface area contributed by atoms with Gasteiger partial charge in [0.05, 0.1) is 0 Å². The van der Waals surface area contributed by atoms with Crippen LogP contribution in [0, 0.1) is 5.82 Å². The SMILES string of the molecule is C[C@@H]1C[C@@]2(CCN1Cc1ccsc1)C(NC1CCCCC1)=NC(=O)N2c1cccc(F)c1.O=C(O)C(F)(F)F. The van der Waals surface area contributed by atoms with Crippen LogP contribution in [-0.4, -0.2) is 58.2 Å². The van der Waals surface area contributed by atoms with E-state index in [1.807, 2.05) is 6.07 Å². The molecule has 1 saturated heterocycles. The average Bonchev–Trinajstić information content (AvgIpc) is 3.47. The molecule has 2 aromatic rings. The van der Waals surface area contributed by atoms with Gasteiger partial charge in [-0.2, -0.15) is 29.5 Å². The Kier molecular flexibility index (Phi) is 8.95. The Labute approximate surface area is 228 Å². The number of alkyl halides is 3. The number of carboxylic acids is 1. The number of piperidine rings is 1. The predicted octanol–water partition coefficient (Wildman–Crippen LogP) is 6.20. The highest BCUT2D eigenvalue weighted by atomic mass is 32.1. The molecule has 1 aromatic heterocycles. The second kappa shape index (κ2) is 12.0. The van der Waals surface area contributed by atoms with Crippen molar-refractivity contribution >= 4 is 34.9 Å². The third-order valence-electron chi connectivity index (χ3n) is 7.56. The van der Waals surface area contributed by atoms with E-state index in [0.717, 1.165) is 44.6 Å². The first-order valence-electron chi connectivity index (χ1n) is 13.0. The van der Waals surface area contributed by atoms with Crippen molar-refractivity contribution in [2.75, 3.05) is 11.4 Å². The highest BCUT2D eigenvalue weighted by Gasteiger charge is 2.54. The molecule has 0 unspecified atom stereocenters. The van der Waals surface area contributed by atoms with E-state index >= 15 is 0 Å². The molecule has 5 rings (SSSR count). The summed E-state index contributed by atoms with van der Waals surface area (Å²) >= 11 is 1.72. The van der Waals surface area contributed by atoms with E-state index in [4.69, 9.17) is 9.90 Å². The number of amides is 2. The number of likely N-dealkylation sites (tertiary alicyclic amines) is 1. The van der Waals surface area contributed by atoms with Crippen LogP contribution in [0.2, 0.25) is 0 Å². The fourth-order valence-corrected chi connectivity index (χ4v) is 6.32. The van der Waals surface area contributed by atoms with Gasteiger partial charge in [0, 0.05) is 30.9 Å². The zero-order chi connectivity index (χ0) is 28.2. The van der Waals surface area contributed by atoms with E-state index in [1.54, 1.807) is 22.3 Å². The number of rotatable bonds is 4. The number of thiophene rings is 1. The van der Waals surface area contributed by atoms with Crippen molar-refractivity contribution in [1.29, 1.82) is 0 Å². The van der Waals surface area contributed by atoms with Crippen molar-refractivity contribution in [3.05, 3.63) is 52.5 Å². The van der Waals surface area contributed by atoms with E-state index in [2.05, 4.69) is 39.0 Å². The van der Waals surface area contributed by atoms with E-state index in [9.17, 15) is 22.4 Å². The van der Waals surface area contributed by atoms with Gasteiger partial charge in [-0.05, 0) is 73.2 Å². The van der Waals surface area contributed by atoms with E-state index in [1.165, 1.54) is 37.0 Å². The predicted molar refractivity (Wildman–Crippen MR) is 142 cm³/mol. The van der Waals surface area contributed by atoms with Crippen molar-refractivity contribution in [2.45, 2.75) is 82.2 Å². The number of carboxylic acid groups (broad SMARTS) is 1. The van der Waals surface area contributed by atoms with Gasteiger partial charge in [-0.25, -0.2) is 14.0 Å². The number of carbonyl (C=O) groups excluding carboxylic acids is 1. The number of benzene rings is 1. The third-order valence-corrected chi connectivity index (χ3v) is 8.29. The summed E-state index contributed by atoms with van der Waals surface area (Å²) < 4.78 is 45.9. The van der Waals surface area contributed by atoms with Gasteiger partial charge in [0.2, 0.25) is 0 Å². The van der Waals surface area contributed by atoms with Gasteiger partial charge in [0.1, 0.15) is 17.2 Å². The Balaban J connectivity index is 0.000000448. The minimum Gasteiger partial charge on any atom is -0.475 e. The molecule has 0 bridgehead atoms. The molecule has 1 aromatic carbocycles. The van der Waals surface area contributed by atoms with Crippen molar-refractivity contribution in [2.24, 2.45) is 4.99 Å². The Morgan fingerprint density at radius 2 is 1.95 bits per heavy atom. The molecule has 0 radical (unpaired) electrons.